The Morgan fingerprint density at radius 1 is 1.52 bits per heavy atom. The second-order valence-electron chi connectivity index (χ2n) is 4.76. The fraction of sp³-hybridized carbons (Fsp3) is 0.636. The molecule has 2 rings (SSSR count). The van der Waals surface area contributed by atoms with Gasteiger partial charge in [-0.15, -0.1) is 11.3 Å². The molecule has 1 unspecified atom stereocenters. The second kappa shape index (κ2) is 6.57. The lowest BCUT2D eigenvalue weighted by Gasteiger charge is -2.33. The average Bonchev–Trinajstić information content (AvgIpc) is 2.82. The summed E-state index contributed by atoms with van der Waals surface area (Å²) in [6, 6.07) is 0.737. The molecule has 0 aromatic carbocycles. The van der Waals surface area contributed by atoms with Gasteiger partial charge in [0, 0.05) is 25.3 Å². The van der Waals surface area contributed by atoms with Crippen molar-refractivity contribution in [2.75, 3.05) is 13.2 Å². The molecule has 0 bridgehead atoms. The second-order valence-corrected chi connectivity index (χ2v) is 8.53. The predicted octanol–water partition coefficient (Wildman–Crippen LogP) is 2.24. The van der Waals surface area contributed by atoms with Crippen LogP contribution in [0.3, 0.4) is 0 Å². The van der Waals surface area contributed by atoms with Gasteiger partial charge < -0.3 is 5.11 Å². The van der Waals surface area contributed by atoms with Gasteiger partial charge in [-0.2, -0.15) is 4.31 Å². The van der Waals surface area contributed by atoms with Crippen LogP contribution in [0.4, 0.5) is 5.69 Å². The number of nitrogens with zero attached hydrogens (tertiary/aromatic N) is 2. The molecule has 0 saturated carbocycles. The average molecular weight is 355 g/mol. The van der Waals surface area contributed by atoms with Crippen molar-refractivity contribution in [2.24, 2.45) is 0 Å². The van der Waals surface area contributed by atoms with Crippen molar-refractivity contribution < 1.29 is 18.4 Å². The standard InChI is InChI=1S/C11H15ClN2O5S2/c12-11-9(14(16)17)7-10(20-11)21(18,19)13-5-2-1-3-8(13)4-6-15/h7-8,15H,1-6H2. The number of piperidine rings is 1. The molecule has 2 heterocycles. The Bertz CT molecular complexity index is 629. The molecule has 1 atom stereocenters. The number of sulfonamides is 1. The molecule has 21 heavy (non-hydrogen) atoms. The molecule has 0 amide bonds. The van der Waals surface area contributed by atoms with Crippen LogP contribution in [0.2, 0.25) is 4.34 Å². The molecule has 1 fully saturated rings. The highest BCUT2D eigenvalue weighted by Gasteiger charge is 2.36. The molecular formula is C11H15ClN2O5S2. The highest BCUT2D eigenvalue weighted by Crippen LogP contribution is 2.38. The zero-order valence-corrected chi connectivity index (χ0v) is 13.5. The van der Waals surface area contributed by atoms with Gasteiger partial charge in [0.15, 0.2) is 4.34 Å². The monoisotopic (exact) mass is 354 g/mol. The van der Waals surface area contributed by atoms with Gasteiger partial charge in [0.05, 0.1) is 4.92 Å². The third kappa shape index (κ3) is 3.37. The topological polar surface area (TPSA) is 101 Å². The minimum Gasteiger partial charge on any atom is -0.396 e. The van der Waals surface area contributed by atoms with Gasteiger partial charge in [0.25, 0.3) is 15.7 Å². The highest BCUT2D eigenvalue weighted by atomic mass is 35.5. The van der Waals surface area contributed by atoms with E-state index in [1.54, 1.807) is 0 Å². The van der Waals surface area contributed by atoms with Crippen molar-refractivity contribution in [1.29, 1.82) is 0 Å². The molecule has 0 radical (unpaired) electrons. The first-order chi connectivity index (χ1) is 9.87. The first-order valence-corrected chi connectivity index (χ1v) is 9.08. The first-order valence-electron chi connectivity index (χ1n) is 6.44. The summed E-state index contributed by atoms with van der Waals surface area (Å²) in [6.45, 7) is 0.262. The van der Waals surface area contributed by atoms with Crippen LogP contribution < -0.4 is 0 Å². The lowest BCUT2D eigenvalue weighted by molar-refractivity contribution is -0.384. The Morgan fingerprint density at radius 3 is 2.81 bits per heavy atom. The van der Waals surface area contributed by atoms with Crippen LogP contribution in [0.5, 0.6) is 0 Å². The third-order valence-corrected chi connectivity index (χ3v) is 7.18. The molecule has 1 aliphatic heterocycles. The maximum absolute atomic E-state index is 12.6. The summed E-state index contributed by atoms with van der Waals surface area (Å²) < 4.78 is 26.3. The summed E-state index contributed by atoms with van der Waals surface area (Å²) in [5.41, 5.74) is -0.393. The summed E-state index contributed by atoms with van der Waals surface area (Å²) in [4.78, 5) is 10.1. The third-order valence-electron chi connectivity index (χ3n) is 3.44. The Morgan fingerprint density at radius 2 is 2.24 bits per heavy atom. The number of thiophene rings is 1. The largest absolute Gasteiger partial charge is 0.396 e. The summed E-state index contributed by atoms with van der Waals surface area (Å²) in [5, 5.41) is 19.9. The van der Waals surface area contributed by atoms with E-state index in [1.165, 1.54) is 4.31 Å². The lowest BCUT2D eigenvalue weighted by atomic mass is 10.0. The Balaban J connectivity index is 2.36. The number of nitro groups is 1. The van der Waals surface area contributed by atoms with Crippen LogP contribution in [-0.2, 0) is 10.0 Å². The summed E-state index contributed by atoms with van der Waals surface area (Å²) in [7, 11) is -3.82. The van der Waals surface area contributed by atoms with E-state index in [2.05, 4.69) is 0 Å². The zero-order valence-electron chi connectivity index (χ0n) is 11.1. The molecule has 1 saturated heterocycles. The van der Waals surface area contributed by atoms with E-state index in [-0.39, 0.29) is 21.2 Å². The van der Waals surface area contributed by atoms with Crippen LogP contribution in [0, 0.1) is 10.1 Å². The van der Waals surface area contributed by atoms with Crippen LogP contribution in [0.1, 0.15) is 25.7 Å². The normalized spacial score (nSPS) is 20.6. The SMILES string of the molecule is O=[N+]([O-])c1cc(S(=O)(=O)N2CCCCC2CCO)sc1Cl. The van der Waals surface area contributed by atoms with Crippen molar-refractivity contribution in [3.63, 3.8) is 0 Å². The van der Waals surface area contributed by atoms with Gasteiger partial charge in [-0.25, -0.2) is 8.42 Å². The Kier molecular flexibility index (Phi) is 5.20. The molecule has 7 nitrogen and oxygen atoms in total. The molecule has 10 heteroatoms. The Hall–Kier alpha value is -0.740. The molecule has 0 spiro atoms. The van der Waals surface area contributed by atoms with Gasteiger partial charge >= 0.3 is 0 Å². The van der Waals surface area contributed by atoms with Crippen molar-refractivity contribution in [1.82, 2.24) is 4.31 Å². The summed E-state index contributed by atoms with van der Waals surface area (Å²) >= 11 is 6.43. The van der Waals surface area contributed by atoms with Gasteiger partial charge in [0.2, 0.25) is 0 Å². The number of hydrogen-bond donors (Lipinski definition) is 1. The van der Waals surface area contributed by atoms with Crippen molar-refractivity contribution >= 4 is 38.6 Å². The van der Waals surface area contributed by atoms with Crippen LogP contribution >= 0.6 is 22.9 Å². The molecule has 1 aromatic heterocycles. The fourth-order valence-electron chi connectivity index (χ4n) is 2.43. The van der Waals surface area contributed by atoms with Crippen LogP contribution in [0.15, 0.2) is 10.3 Å². The molecule has 1 N–H and O–H groups in total. The number of rotatable bonds is 5. The molecule has 0 aliphatic carbocycles. The van der Waals surface area contributed by atoms with Gasteiger partial charge in [-0.1, -0.05) is 18.0 Å². The fourth-order valence-corrected chi connectivity index (χ4v) is 5.95. The highest BCUT2D eigenvalue weighted by molar-refractivity contribution is 7.91. The molecular weight excluding hydrogens is 340 g/mol. The maximum atomic E-state index is 12.6. The smallest absolute Gasteiger partial charge is 0.300 e. The number of hydrogen-bond acceptors (Lipinski definition) is 6. The van der Waals surface area contributed by atoms with Gasteiger partial charge in [-0.05, 0) is 19.3 Å². The summed E-state index contributed by atoms with van der Waals surface area (Å²) in [5.74, 6) is 0. The molecule has 118 valence electrons. The van der Waals surface area contributed by atoms with Crippen LogP contribution in [-0.4, -0.2) is 41.9 Å². The minimum absolute atomic E-state index is 0.0952. The van der Waals surface area contributed by atoms with E-state index in [0.717, 1.165) is 18.9 Å². The van der Waals surface area contributed by atoms with Crippen molar-refractivity contribution in [3.05, 3.63) is 20.5 Å². The van der Waals surface area contributed by atoms with E-state index in [4.69, 9.17) is 16.7 Å². The molecule has 1 aliphatic rings. The Labute approximate surface area is 131 Å². The van der Waals surface area contributed by atoms with Crippen molar-refractivity contribution in [3.8, 4) is 0 Å². The van der Waals surface area contributed by atoms with E-state index in [1.807, 2.05) is 0 Å². The van der Waals surface area contributed by atoms with E-state index in [9.17, 15) is 18.5 Å². The first kappa shape index (κ1) is 16.6. The molecule has 1 aromatic rings. The quantitative estimate of drug-likeness (QED) is 0.645. The lowest BCUT2D eigenvalue weighted by Crippen LogP contribution is -2.43. The number of aliphatic hydroxyl groups excluding tert-OH is 1. The van der Waals surface area contributed by atoms with E-state index in [0.29, 0.717) is 30.7 Å². The van der Waals surface area contributed by atoms with Gasteiger partial charge in [0.1, 0.15) is 4.21 Å². The van der Waals surface area contributed by atoms with E-state index >= 15 is 0 Å². The number of aliphatic hydroxyl groups is 1. The maximum Gasteiger partial charge on any atom is 0.300 e. The predicted molar refractivity (Wildman–Crippen MR) is 79.2 cm³/mol. The summed E-state index contributed by atoms with van der Waals surface area (Å²) in [6.07, 6.45) is 2.69. The van der Waals surface area contributed by atoms with E-state index < -0.39 is 20.6 Å². The minimum atomic E-state index is -3.82. The van der Waals surface area contributed by atoms with Crippen molar-refractivity contribution in [2.45, 2.75) is 35.9 Å². The van der Waals surface area contributed by atoms with Gasteiger partial charge in [-0.3, -0.25) is 10.1 Å². The number of halogens is 1. The zero-order chi connectivity index (χ0) is 15.6. The van der Waals surface area contributed by atoms with Crippen LogP contribution in [0.25, 0.3) is 0 Å².